The first-order chi connectivity index (χ1) is 17.9. The molecular weight excluding hydrogens is 536 g/mol. The zero-order valence-corrected chi connectivity index (χ0v) is 23.6. The normalized spacial score (nSPS) is 15.0. The number of nitrogens with zero attached hydrogens (tertiary/aromatic N) is 2. The van der Waals surface area contributed by atoms with Crippen molar-refractivity contribution in [2.75, 3.05) is 39.4 Å². The van der Waals surface area contributed by atoms with Crippen LogP contribution in [0.5, 0.6) is 11.5 Å². The van der Waals surface area contributed by atoms with Gasteiger partial charge in [0.2, 0.25) is 5.76 Å². The van der Waals surface area contributed by atoms with Gasteiger partial charge in [-0.25, -0.2) is 0 Å². The van der Waals surface area contributed by atoms with Gasteiger partial charge in [0.05, 0.1) is 30.2 Å². The fraction of sp³-hybridized carbons (Fsp3) is 0.448. The molecule has 1 amide bonds. The lowest BCUT2D eigenvalue weighted by atomic mass is 9.98. The average Bonchev–Trinajstić information content (AvgIpc) is 3.18. The second-order valence-corrected chi connectivity index (χ2v) is 10.00. The van der Waals surface area contributed by atoms with E-state index in [4.69, 9.17) is 13.9 Å². The number of hydrogen-bond donors (Lipinski definition) is 0. The average molecular weight is 572 g/mol. The lowest BCUT2D eigenvalue weighted by molar-refractivity contribution is 0.0708. The molecule has 1 aliphatic heterocycles. The van der Waals surface area contributed by atoms with Crippen LogP contribution in [0.4, 0.5) is 0 Å². The van der Waals surface area contributed by atoms with Gasteiger partial charge in [0, 0.05) is 17.6 Å². The van der Waals surface area contributed by atoms with Crippen LogP contribution in [0.3, 0.4) is 0 Å². The van der Waals surface area contributed by atoms with Crippen molar-refractivity contribution in [3.8, 4) is 11.5 Å². The van der Waals surface area contributed by atoms with E-state index in [9.17, 15) is 9.59 Å². The third kappa shape index (κ3) is 5.55. The summed E-state index contributed by atoms with van der Waals surface area (Å²) in [6.45, 7) is 12.2. The van der Waals surface area contributed by atoms with E-state index in [1.54, 1.807) is 23.1 Å². The zero-order valence-electron chi connectivity index (χ0n) is 22.0. The Morgan fingerprint density at radius 3 is 2.49 bits per heavy atom. The number of halogens is 1. The molecule has 198 valence electrons. The first-order valence-corrected chi connectivity index (χ1v) is 13.9. The maximum atomic E-state index is 13.8. The second kappa shape index (κ2) is 12.1. The van der Waals surface area contributed by atoms with Crippen molar-refractivity contribution < 1.29 is 18.7 Å². The number of fused-ring (bicyclic) bond motifs is 2. The van der Waals surface area contributed by atoms with Crippen LogP contribution in [0.2, 0.25) is 0 Å². The summed E-state index contributed by atoms with van der Waals surface area (Å²) in [6, 6.07) is 10.4. The van der Waals surface area contributed by atoms with Crippen LogP contribution >= 0.6 is 15.9 Å². The molecule has 0 spiro atoms. The molecule has 0 N–H and O–H groups in total. The van der Waals surface area contributed by atoms with E-state index in [1.807, 2.05) is 25.1 Å². The quantitative estimate of drug-likeness (QED) is 0.248. The third-order valence-electron chi connectivity index (χ3n) is 6.82. The zero-order chi connectivity index (χ0) is 26.5. The van der Waals surface area contributed by atoms with E-state index in [1.165, 1.54) is 0 Å². The molecule has 0 radical (unpaired) electrons. The highest BCUT2D eigenvalue weighted by Crippen LogP contribution is 2.41. The van der Waals surface area contributed by atoms with E-state index in [0.717, 1.165) is 36.0 Å². The highest BCUT2D eigenvalue weighted by atomic mass is 79.9. The van der Waals surface area contributed by atoms with Crippen molar-refractivity contribution in [1.82, 2.24) is 9.80 Å². The first kappa shape index (κ1) is 27.2. The molecule has 0 saturated carbocycles. The lowest BCUT2D eigenvalue weighted by Crippen LogP contribution is -2.37. The third-order valence-corrected chi connectivity index (χ3v) is 7.31. The highest BCUT2D eigenvalue weighted by Gasteiger charge is 2.43. The van der Waals surface area contributed by atoms with Gasteiger partial charge in [-0.3, -0.25) is 9.59 Å². The Hall–Kier alpha value is -2.84. The van der Waals surface area contributed by atoms with Crippen LogP contribution in [0.25, 0.3) is 11.0 Å². The number of carbonyl (C=O) groups is 1. The Kier molecular flexibility index (Phi) is 8.92. The summed E-state index contributed by atoms with van der Waals surface area (Å²) in [7, 11) is 0. The fourth-order valence-electron chi connectivity index (χ4n) is 4.77. The van der Waals surface area contributed by atoms with Gasteiger partial charge in [-0.15, -0.1) is 0 Å². The Morgan fingerprint density at radius 1 is 1.00 bits per heavy atom. The van der Waals surface area contributed by atoms with Crippen molar-refractivity contribution in [1.29, 1.82) is 0 Å². The van der Waals surface area contributed by atoms with Crippen molar-refractivity contribution >= 4 is 32.8 Å². The lowest BCUT2D eigenvalue weighted by Gasteiger charge is -2.28. The summed E-state index contributed by atoms with van der Waals surface area (Å²) >= 11 is 3.45. The molecule has 1 aromatic heterocycles. The summed E-state index contributed by atoms with van der Waals surface area (Å²) in [4.78, 5) is 31.5. The van der Waals surface area contributed by atoms with Gasteiger partial charge in [-0.1, -0.05) is 49.2 Å². The Bertz CT molecular complexity index is 1320. The summed E-state index contributed by atoms with van der Waals surface area (Å²) in [5.74, 6) is 1.11. The molecule has 37 heavy (non-hydrogen) atoms. The van der Waals surface area contributed by atoms with E-state index in [2.05, 4.69) is 41.6 Å². The van der Waals surface area contributed by atoms with Crippen LogP contribution in [-0.2, 0) is 0 Å². The largest absolute Gasteiger partial charge is 0.490 e. The molecule has 1 aliphatic rings. The van der Waals surface area contributed by atoms with Gasteiger partial charge in [0.1, 0.15) is 5.58 Å². The summed E-state index contributed by atoms with van der Waals surface area (Å²) in [6.07, 6.45) is 1.98. The predicted molar refractivity (Wildman–Crippen MR) is 149 cm³/mol. The fourth-order valence-corrected chi connectivity index (χ4v) is 5.13. The minimum Gasteiger partial charge on any atom is -0.490 e. The highest BCUT2D eigenvalue weighted by molar-refractivity contribution is 9.10. The molecule has 0 fully saturated rings. The molecule has 3 aromatic rings. The van der Waals surface area contributed by atoms with Crippen molar-refractivity contribution in [2.24, 2.45) is 0 Å². The molecule has 7 nitrogen and oxygen atoms in total. The van der Waals surface area contributed by atoms with Crippen molar-refractivity contribution in [3.63, 3.8) is 0 Å². The van der Waals surface area contributed by atoms with Gasteiger partial charge < -0.3 is 23.7 Å². The minimum atomic E-state index is -0.582. The molecule has 2 aromatic carbocycles. The SMILES string of the molecule is CCCCOc1ccc(C2c3c(oc4ccc(Br)cc4c3=O)C(=O)N2CCN(CC)CC)cc1OCC. The summed E-state index contributed by atoms with van der Waals surface area (Å²) in [5.41, 5.74) is 1.37. The number of hydrogen-bond acceptors (Lipinski definition) is 6. The van der Waals surface area contributed by atoms with Crippen LogP contribution in [0, 0.1) is 0 Å². The predicted octanol–water partition coefficient (Wildman–Crippen LogP) is 6.02. The Morgan fingerprint density at radius 2 is 1.78 bits per heavy atom. The topological polar surface area (TPSA) is 72.2 Å². The molecular formula is C29H35BrN2O5. The van der Waals surface area contributed by atoms with Gasteiger partial charge in [0.15, 0.2) is 16.9 Å². The van der Waals surface area contributed by atoms with Crippen LogP contribution in [0.15, 0.2) is 50.1 Å². The number of amides is 1. The van der Waals surface area contributed by atoms with Gasteiger partial charge >= 0.3 is 0 Å². The van der Waals surface area contributed by atoms with E-state index in [-0.39, 0.29) is 17.1 Å². The number of rotatable bonds is 12. The smallest absolute Gasteiger partial charge is 0.290 e. The maximum Gasteiger partial charge on any atom is 0.290 e. The Labute approximate surface area is 226 Å². The summed E-state index contributed by atoms with van der Waals surface area (Å²) in [5, 5.41) is 0.445. The second-order valence-electron chi connectivity index (χ2n) is 9.08. The molecule has 1 unspecified atom stereocenters. The first-order valence-electron chi connectivity index (χ1n) is 13.1. The van der Waals surface area contributed by atoms with E-state index >= 15 is 0 Å². The summed E-state index contributed by atoms with van der Waals surface area (Å²) < 4.78 is 18.7. The van der Waals surface area contributed by atoms with E-state index in [0.29, 0.717) is 54.3 Å². The van der Waals surface area contributed by atoms with Crippen molar-refractivity contribution in [3.05, 3.63) is 68.0 Å². The number of unbranched alkanes of at least 4 members (excludes halogenated alkanes) is 1. The van der Waals surface area contributed by atoms with Crippen LogP contribution in [-0.4, -0.2) is 55.1 Å². The standard InChI is InChI=1S/C29H35BrN2O5/c1-5-9-16-36-23-12-10-19(17-24(23)35-8-4)26-25-27(33)21-18-20(30)11-13-22(21)37-28(25)29(34)32(26)15-14-31(6-2)7-3/h10-13,17-18,26H,5-9,14-16H2,1-4H3. The molecule has 0 saturated heterocycles. The van der Waals surface area contributed by atoms with Gasteiger partial charge in [0.25, 0.3) is 5.91 Å². The molecule has 4 rings (SSSR count). The maximum absolute atomic E-state index is 13.8. The molecule has 0 bridgehead atoms. The van der Waals surface area contributed by atoms with Crippen LogP contribution < -0.4 is 14.9 Å². The van der Waals surface area contributed by atoms with Crippen LogP contribution in [0.1, 0.15) is 68.3 Å². The number of ether oxygens (including phenoxy) is 2. The minimum absolute atomic E-state index is 0.116. The van der Waals surface area contributed by atoms with Gasteiger partial charge in [-0.05, 0) is 62.3 Å². The molecule has 2 heterocycles. The van der Waals surface area contributed by atoms with Gasteiger partial charge in [-0.2, -0.15) is 0 Å². The Balaban J connectivity index is 1.84. The molecule has 0 aliphatic carbocycles. The van der Waals surface area contributed by atoms with E-state index < -0.39 is 6.04 Å². The number of likely N-dealkylation sites (N-methyl/N-ethyl adjacent to an activating group) is 1. The number of benzene rings is 2. The monoisotopic (exact) mass is 570 g/mol. The number of carbonyl (C=O) groups excluding carboxylic acids is 1. The molecule has 1 atom stereocenters. The van der Waals surface area contributed by atoms with Crippen molar-refractivity contribution in [2.45, 2.75) is 46.6 Å². The molecule has 8 heteroatoms.